The average molecular weight is 431 g/mol. The van der Waals surface area contributed by atoms with Crippen LogP contribution in [0.3, 0.4) is 0 Å². The Morgan fingerprint density at radius 1 is 1.20 bits per heavy atom. The number of fused-ring (bicyclic) bond motifs is 4. The number of halogens is 5. The summed E-state index contributed by atoms with van der Waals surface area (Å²) >= 11 is 0. The first-order valence-electron chi connectivity index (χ1n) is 9.98. The van der Waals surface area contributed by atoms with Crippen molar-refractivity contribution in [1.29, 1.82) is 0 Å². The van der Waals surface area contributed by atoms with Crippen molar-refractivity contribution in [2.24, 2.45) is 11.8 Å². The van der Waals surface area contributed by atoms with E-state index in [9.17, 15) is 27.1 Å². The van der Waals surface area contributed by atoms with Crippen LogP contribution in [0.25, 0.3) is 0 Å². The zero-order chi connectivity index (χ0) is 21.7. The van der Waals surface area contributed by atoms with Gasteiger partial charge in [-0.05, 0) is 32.7 Å². The highest BCUT2D eigenvalue weighted by molar-refractivity contribution is 5.47. The van der Waals surface area contributed by atoms with Gasteiger partial charge >= 0.3 is 6.18 Å². The Bertz CT molecular complexity index is 1010. The van der Waals surface area contributed by atoms with Gasteiger partial charge in [0.1, 0.15) is 11.4 Å². The van der Waals surface area contributed by atoms with Crippen LogP contribution < -0.4 is 0 Å². The monoisotopic (exact) mass is 431 g/mol. The molecule has 1 saturated carbocycles. The molecule has 1 fully saturated rings. The summed E-state index contributed by atoms with van der Waals surface area (Å²) in [6.07, 6.45) is -8.39. The second-order valence-electron chi connectivity index (χ2n) is 8.56. The van der Waals surface area contributed by atoms with Gasteiger partial charge in [-0.2, -0.15) is 23.4 Å². The topological polar surface area (TPSA) is 59.1 Å². The molecule has 0 amide bonds. The third-order valence-corrected chi connectivity index (χ3v) is 6.83. The van der Waals surface area contributed by atoms with Crippen molar-refractivity contribution in [1.82, 2.24) is 24.5 Å². The Kier molecular flexibility index (Phi) is 4.15. The number of alkyl halides is 5. The van der Waals surface area contributed by atoms with Crippen LogP contribution in [0.2, 0.25) is 0 Å². The lowest BCUT2D eigenvalue weighted by molar-refractivity contribution is -0.145. The molecule has 0 bridgehead atoms. The average Bonchev–Trinajstić information content (AvgIpc) is 2.91. The number of aliphatic hydroxyl groups excluding tert-OH is 1. The summed E-state index contributed by atoms with van der Waals surface area (Å²) in [5.74, 6) is -1.23. The fourth-order valence-corrected chi connectivity index (χ4v) is 5.67. The standard InChI is InChI=1S/C19H22F5N5O/c1-4-28-15-13(14(26-28)18(20)21)11-10(12(11)16(15)30)7(2)29-17(19(22,23)24)8-5-27(3)6-9(8)25-29/h7,10-12,16,18,30H,4-6H2,1-3H3. The van der Waals surface area contributed by atoms with E-state index < -0.39 is 48.2 Å². The van der Waals surface area contributed by atoms with E-state index in [2.05, 4.69) is 10.2 Å². The highest BCUT2D eigenvalue weighted by Gasteiger charge is 2.66. The fourth-order valence-electron chi connectivity index (χ4n) is 5.67. The summed E-state index contributed by atoms with van der Waals surface area (Å²) < 4.78 is 71.2. The fraction of sp³-hybridized carbons (Fsp3) is 0.684. The molecule has 6 nitrogen and oxygen atoms in total. The second kappa shape index (κ2) is 6.25. The molecule has 0 saturated heterocycles. The maximum Gasteiger partial charge on any atom is 0.433 e. The molecule has 2 aromatic rings. The molecule has 5 unspecified atom stereocenters. The number of hydrogen-bond donors (Lipinski definition) is 1. The van der Waals surface area contributed by atoms with Gasteiger partial charge in [-0.3, -0.25) is 14.3 Å². The van der Waals surface area contributed by atoms with E-state index >= 15 is 0 Å². The van der Waals surface area contributed by atoms with E-state index in [-0.39, 0.29) is 17.8 Å². The van der Waals surface area contributed by atoms with Crippen molar-refractivity contribution in [3.63, 3.8) is 0 Å². The molecule has 1 N–H and O–H groups in total. The maximum absolute atomic E-state index is 13.9. The summed E-state index contributed by atoms with van der Waals surface area (Å²) in [5.41, 5.74) is 0.133. The molecule has 0 aromatic carbocycles. The van der Waals surface area contributed by atoms with E-state index in [1.54, 1.807) is 25.8 Å². The highest BCUT2D eigenvalue weighted by Crippen LogP contribution is 2.70. The summed E-state index contributed by atoms with van der Waals surface area (Å²) in [5, 5.41) is 19.0. The van der Waals surface area contributed by atoms with Crippen LogP contribution in [0.4, 0.5) is 22.0 Å². The number of aromatic nitrogens is 4. The summed E-state index contributed by atoms with van der Waals surface area (Å²) in [6.45, 7) is 4.21. The Labute approximate surface area is 169 Å². The lowest BCUT2D eigenvalue weighted by atomic mass is 10.0. The van der Waals surface area contributed by atoms with E-state index in [4.69, 9.17) is 0 Å². The molecule has 11 heteroatoms. The molecule has 30 heavy (non-hydrogen) atoms. The molecule has 2 aliphatic carbocycles. The van der Waals surface area contributed by atoms with E-state index in [0.29, 0.717) is 30.0 Å². The molecule has 164 valence electrons. The molecule has 2 aromatic heterocycles. The third-order valence-electron chi connectivity index (χ3n) is 6.83. The van der Waals surface area contributed by atoms with Crippen molar-refractivity contribution >= 4 is 0 Å². The largest absolute Gasteiger partial charge is 0.433 e. The number of aliphatic hydroxyl groups is 1. The first-order chi connectivity index (χ1) is 14.1. The van der Waals surface area contributed by atoms with E-state index in [0.717, 1.165) is 4.68 Å². The van der Waals surface area contributed by atoms with Gasteiger partial charge in [0.25, 0.3) is 6.43 Å². The smallest absolute Gasteiger partial charge is 0.386 e. The number of aryl methyl sites for hydroxylation is 1. The van der Waals surface area contributed by atoms with Crippen LogP contribution in [-0.4, -0.2) is 36.6 Å². The third kappa shape index (κ3) is 2.54. The lowest BCUT2D eigenvalue weighted by Crippen LogP contribution is -2.24. The van der Waals surface area contributed by atoms with Crippen molar-refractivity contribution in [3.05, 3.63) is 33.9 Å². The Morgan fingerprint density at radius 2 is 1.90 bits per heavy atom. The number of nitrogens with zero attached hydrogens (tertiary/aromatic N) is 5. The van der Waals surface area contributed by atoms with Crippen LogP contribution in [0.1, 0.15) is 72.2 Å². The number of rotatable bonds is 4. The van der Waals surface area contributed by atoms with Gasteiger partial charge < -0.3 is 5.11 Å². The molecule has 5 atom stereocenters. The van der Waals surface area contributed by atoms with Gasteiger partial charge in [0.15, 0.2) is 0 Å². The first-order valence-corrected chi connectivity index (χ1v) is 9.98. The van der Waals surface area contributed by atoms with Gasteiger partial charge in [-0.15, -0.1) is 0 Å². The van der Waals surface area contributed by atoms with Gasteiger partial charge in [0, 0.05) is 36.7 Å². The van der Waals surface area contributed by atoms with Crippen molar-refractivity contribution < 1.29 is 27.1 Å². The number of hydrogen-bond acceptors (Lipinski definition) is 4. The minimum Gasteiger partial charge on any atom is -0.386 e. The quantitative estimate of drug-likeness (QED) is 0.751. The molecule has 3 aliphatic rings. The second-order valence-corrected chi connectivity index (χ2v) is 8.56. The molecule has 5 rings (SSSR count). The summed E-state index contributed by atoms with van der Waals surface area (Å²) in [6, 6.07) is -0.689. The SMILES string of the molecule is CCn1nc(C(F)F)c2c1C(O)C1C2C1C(C)n1nc2c(c1C(F)(F)F)CN(C)C2. The molecule has 0 radical (unpaired) electrons. The Hall–Kier alpha value is -2.01. The van der Waals surface area contributed by atoms with Crippen LogP contribution >= 0.6 is 0 Å². The zero-order valence-corrected chi connectivity index (χ0v) is 16.7. The first kappa shape index (κ1) is 19.9. The predicted octanol–water partition coefficient (Wildman–Crippen LogP) is 3.64. The lowest BCUT2D eigenvalue weighted by Gasteiger charge is -2.22. The van der Waals surface area contributed by atoms with Gasteiger partial charge in [0.2, 0.25) is 0 Å². The Morgan fingerprint density at radius 3 is 2.50 bits per heavy atom. The minimum absolute atomic E-state index is 0.167. The van der Waals surface area contributed by atoms with E-state index in [1.165, 1.54) is 4.68 Å². The van der Waals surface area contributed by atoms with E-state index in [1.807, 2.05) is 0 Å². The van der Waals surface area contributed by atoms with Crippen LogP contribution in [0.15, 0.2) is 0 Å². The van der Waals surface area contributed by atoms with Crippen molar-refractivity contribution in [2.75, 3.05) is 7.05 Å². The predicted molar refractivity (Wildman–Crippen MR) is 94.6 cm³/mol. The van der Waals surface area contributed by atoms with Crippen LogP contribution in [0.5, 0.6) is 0 Å². The highest BCUT2D eigenvalue weighted by atomic mass is 19.4. The molecule has 1 aliphatic heterocycles. The Balaban J connectivity index is 1.54. The zero-order valence-electron chi connectivity index (χ0n) is 16.7. The van der Waals surface area contributed by atoms with Crippen molar-refractivity contribution in [3.8, 4) is 0 Å². The van der Waals surface area contributed by atoms with Crippen LogP contribution in [0, 0.1) is 11.8 Å². The molecular formula is C19H22F5N5O. The minimum atomic E-state index is -4.57. The van der Waals surface area contributed by atoms with Gasteiger partial charge in [-0.1, -0.05) is 0 Å². The normalized spacial score (nSPS) is 28.7. The van der Waals surface area contributed by atoms with Crippen LogP contribution in [-0.2, 0) is 25.8 Å². The van der Waals surface area contributed by atoms with Gasteiger partial charge in [-0.25, -0.2) is 8.78 Å². The summed E-state index contributed by atoms with van der Waals surface area (Å²) in [4.78, 5) is 1.76. The molecule has 0 spiro atoms. The molecular weight excluding hydrogens is 409 g/mol. The van der Waals surface area contributed by atoms with Crippen molar-refractivity contribution in [2.45, 2.75) is 64.1 Å². The summed E-state index contributed by atoms with van der Waals surface area (Å²) in [7, 11) is 1.73. The molecule has 3 heterocycles. The maximum atomic E-state index is 13.9. The van der Waals surface area contributed by atoms with Gasteiger partial charge in [0.05, 0.1) is 23.5 Å².